The lowest BCUT2D eigenvalue weighted by Crippen LogP contribution is -2.23. The van der Waals surface area contributed by atoms with Crippen LogP contribution >= 0.6 is 0 Å². The molecule has 1 saturated heterocycles. The zero-order valence-corrected chi connectivity index (χ0v) is 15.6. The van der Waals surface area contributed by atoms with Crippen molar-refractivity contribution in [3.63, 3.8) is 0 Å². The molecule has 0 aliphatic carbocycles. The maximum Gasteiger partial charge on any atom is 0.0704 e. The largest absolute Gasteiger partial charge is 0.392 e. The molecule has 1 atom stereocenters. The van der Waals surface area contributed by atoms with E-state index in [1.54, 1.807) is 0 Å². The third-order valence-corrected chi connectivity index (χ3v) is 5.52. The van der Waals surface area contributed by atoms with E-state index < -0.39 is 0 Å². The summed E-state index contributed by atoms with van der Waals surface area (Å²) in [5.41, 5.74) is 5.85. The SMILES string of the molecule is OCc1ccc(-c2cc([C@@H]3CCN(CCc4ccccc4)C3)ccn2)cc1. The molecule has 2 aromatic carbocycles. The molecule has 0 bridgehead atoms. The number of nitrogens with zero attached hydrogens (tertiary/aromatic N) is 2. The first-order valence-corrected chi connectivity index (χ1v) is 9.74. The molecule has 2 heterocycles. The lowest BCUT2D eigenvalue weighted by Gasteiger charge is -2.16. The highest BCUT2D eigenvalue weighted by Crippen LogP contribution is 2.29. The van der Waals surface area contributed by atoms with E-state index in [2.05, 4.69) is 52.3 Å². The van der Waals surface area contributed by atoms with Crippen molar-refractivity contribution in [2.24, 2.45) is 0 Å². The molecule has 3 heteroatoms. The number of hydrogen-bond donors (Lipinski definition) is 1. The summed E-state index contributed by atoms with van der Waals surface area (Å²) in [5, 5.41) is 9.21. The Labute approximate surface area is 161 Å². The molecule has 0 amide bonds. The van der Waals surface area contributed by atoms with Crippen LogP contribution in [0.4, 0.5) is 0 Å². The van der Waals surface area contributed by atoms with Gasteiger partial charge in [0.25, 0.3) is 0 Å². The summed E-state index contributed by atoms with van der Waals surface area (Å²) in [6.45, 7) is 3.50. The Balaban J connectivity index is 1.40. The summed E-state index contributed by atoms with van der Waals surface area (Å²) in [5.74, 6) is 0.583. The van der Waals surface area contributed by atoms with E-state index in [0.29, 0.717) is 5.92 Å². The summed E-state index contributed by atoms with van der Waals surface area (Å²) in [6, 6.07) is 23.1. The van der Waals surface area contributed by atoms with Crippen molar-refractivity contribution in [2.45, 2.75) is 25.4 Å². The second-order valence-electron chi connectivity index (χ2n) is 7.35. The molecule has 0 saturated carbocycles. The van der Waals surface area contributed by atoms with Crippen molar-refractivity contribution in [1.82, 2.24) is 9.88 Å². The van der Waals surface area contributed by atoms with Crippen LogP contribution in [-0.4, -0.2) is 34.6 Å². The molecule has 27 heavy (non-hydrogen) atoms. The van der Waals surface area contributed by atoms with E-state index in [1.165, 1.54) is 24.1 Å². The molecule has 1 aliphatic rings. The zero-order chi connectivity index (χ0) is 18.5. The van der Waals surface area contributed by atoms with Gasteiger partial charge in [-0.3, -0.25) is 4.98 Å². The van der Waals surface area contributed by atoms with Crippen LogP contribution in [0.25, 0.3) is 11.3 Å². The first kappa shape index (κ1) is 17.9. The van der Waals surface area contributed by atoms with Crippen LogP contribution in [0, 0.1) is 0 Å². The number of aliphatic hydroxyl groups excluding tert-OH is 1. The first-order chi connectivity index (χ1) is 13.3. The van der Waals surface area contributed by atoms with E-state index in [9.17, 15) is 5.11 Å². The highest BCUT2D eigenvalue weighted by Gasteiger charge is 2.23. The summed E-state index contributed by atoms with van der Waals surface area (Å²) in [6.07, 6.45) is 4.26. The van der Waals surface area contributed by atoms with Gasteiger partial charge in [-0.2, -0.15) is 0 Å². The number of likely N-dealkylation sites (tertiary alicyclic amines) is 1. The van der Waals surface area contributed by atoms with E-state index in [-0.39, 0.29) is 6.61 Å². The van der Waals surface area contributed by atoms with Crippen molar-refractivity contribution in [2.75, 3.05) is 19.6 Å². The molecule has 0 spiro atoms. The van der Waals surface area contributed by atoms with Gasteiger partial charge < -0.3 is 10.0 Å². The van der Waals surface area contributed by atoms with E-state index in [1.807, 2.05) is 30.5 Å². The van der Waals surface area contributed by atoms with Gasteiger partial charge in [0, 0.05) is 24.8 Å². The highest BCUT2D eigenvalue weighted by molar-refractivity contribution is 5.60. The van der Waals surface area contributed by atoms with Crippen molar-refractivity contribution >= 4 is 0 Å². The number of benzene rings is 2. The Morgan fingerprint density at radius 1 is 0.963 bits per heavy atom. The minimum Gasteiger partial charge on any atom is -0.392 e. The van der Waals surface area contributed by atoms with Gasteiger partial charge >= 0.3 is 0 Å². The maximum absolute atomic E-state index is 9.21. The van der Waals surface area contributed by atoms with Gasteiger partial charge in [-0.05, 0) is 54.1 Å². The van der Waals surface area contributed by atoms with Gasteiger partial charge in [0.2, 0.25) is 0 Å². The monoisotopic (exact) mass is 358 g/mol. The fraction of sp³-hybridized carbons (Fsp3) is 0.292. The summed E-state index contributed by atoms with van der Waals surface area (Å²) < 4.78 is 0. The van der Waals surface area contributed by atoms with Crippen LogP contribution in [0.5, 0.6) is 0 Å². The molecular weight excluding hydrogens is 332 g/mol. The van der Waals surface area contributed by atoms with Crippen molar-refractivity contribution in [3.05, 3.63) is 89.6 Å². The second-order valence-corrected chi connectivity index (χ2v) is 7.35. The number of hydrogen-bond acceptors (Lipinski definition) is 3. The lowest BCUT2D eigenvalue weighted by atomic mass is 9.97. The average molecular weight is 358 g/mol. The Morgan fingerprint density at radius 3 is 2.56 bits per heavy atom. The molecule has 3 nitrogen and oxygen atoms in total. The van der Waals surface area contributed by atoms with Gasteiger partial charge in [0.1, 0.15) is 0 Å². The summed E-state index contributed by atoms with van der Waals surface area (Å²) in [4.78, 5) is 7.13. The standard InChI is InChI=1S/C24H26N2O/c27-18-20-6-8-21(9-7-20)24-16-22(10-13-25-24)23-12-15-26(17-23)14-11-19-4-2-1-3-5-19/h1-10,13,16,23,27H,11-12,14-15,17-18H2/t23-/m1/s1. The minimum absolute atomic E-state index is 0.0780. The van der Waals surface area contributed by atoms with Gasteiger partial charge in [-0.25, -0.2) is 0 Å². The Kier molecular flexibility index (Phi) is 5.61. The van der Waals surface area contributed by atoms with Gasteiger partial charge in [0.05, 0.1) is 12.3 Å². The van der Waals surface area contributed by atoms with E-state index in [4.69, 9.17) is 0 Å². The smallest absolute Gasteiger partial charge is 0.0704 e. The van der Waals surface area contributed by atoms with Crippen molar-refractivity contribution < 1.29 is 5.11 Å². The van der Waals surface area contributed by atoms with Crippen LogP contribution in [0.2, 0.25) is 0 Å². The number of aromatic nitrogens is 1. The van der Waals surface area contributed by atoms with Gasteiger partial charge in [-0.1, -0.05) is 54.6 Å². The molecule has 1 fully saturated rings. The number of rotatable bonds is 6. The number of pyridine rings is 1. The molecule has 1 aromatic heterocycles. The quantitative estimate of drug-likeness (QED) is 0.715. The zero-order valence-electron chi connectivity index (χ0n) is 15.6. The van der Waals surface area contributed by atoms with E-state index in [0.717, 1.165) is 36.3 Å². The maximum atomic E-state index is 9.21. The average Bonchev–Trinajstić information content (AvgIpc) is 3.22. The van der Waals surface area contributed by atoms with E-state index >= 15 is 0 Å². The van der Waals surface area contributed by atoms with Crippen molar-refractivity contribution in [3.8, 4) is 11.3 Å². The van der Waals surface area contributed by atoms with Crippen LogP contribution in [-0.2, 0) is 13.0 Å². The summed E-state index contributed by atoms with van der Waals surface area (Å²) >= 11 is 0. The first-order valence-electron chi connectivity index (χ1n) is 9.74. The third kappa shape index (κ3) is 4.44. The molecule has 138 valence electrons. The minimum atomic E-state index is 0.0780. The molecule has 3 aromatic rings. The predicted octanol–water partition coefficient (Wildman–Crippen LogP) is 4.27. The van der Waals surface area contributed by atoms with Crippen LogP contribution < -0.4 is 0 Å². The molecule has 1 aliphatic heterocycles. The highest BCUT2D eigenvalue weighted by atomic mass is 16.3. The molecule has 0 radical (unpaired) electrons. The summed E-state index contributed by atoms with van der Waals surface area (Å²) in [7, 11) is 0. The second kappa shape index (κ2) is 8.47. The fourth-order valence-corrected chi connectivity index (χ4v) is 3.88. The molecule has 1 N–H and O–H groups in total. The lowest BCUT2D eigenvalue weighted by molar-refractivity contribution is 0.282. The predicted molar refractivity (Wildman–Crippen MR) is 110 cm³/mol. The van der Waals surface area contributed by atoms with Crippen LogP contribution in [0.3, 0.4) is 0 Å². The third-order valence-electron chi connectivity index (χ3n) is 5.52. The topological polar surface area (TPSA) is 36.4 Å². The number of aliphatic hydroxyl groups is 1. The molecular formula is C24H26N2O. The van der Waals surface area contributed by atoms with Gasteiger partial charge in [0.15, 0.2) is 0 Å². The Bertz CT molecular complexity index is 861. The van der Waals surface area contributed by atoms with Crippen LogP contribution in [0.1, 0.15) is 29.0 Å². The Hall–Kier alpha value is -2.49. The Morgan fingerprint density at radius 2 is 1.78 bits per heavy atom. The normalized spacial score (nSPS) is 17.3. The van der Waals surface area contributed by atoms with Crippen molar-refractivity contribution in [1.29, 1.82) is 0 Å². The molecule has 4 rings (SSSR count). The fourth-order valence-electron chi connectivity index (χ4n) is 3.88. The van der Waals surface area contributed by atoms with Gasteiger partial charge in [-0.15, -0.1) is 0 Å². The molecule has 0 unspecified atom stereocenters. The van der Waals surface area contributed by atoms with Crippen LogP contribution in [0.15, 0.2) is 72.9 Å².